The van der Waals surface area contributed by atoms with E-state index in [1.807, 2.05) is 6.92 Å². The van der Waals surface area contributed by atoms with Gasteiger partial charge in [-0.1, -0.05) is 13.8 Å². The zero-order chi connectivity index (χ0) is 27.1. The summed E-state index contributed by atoms with van der Waals surface area (Å²) in [4.78, 5) is 15.0. The maximum Gasteiger partial charge on any atom is 0.573 e. The molecule has 0 saturated heterocycles. The fourth-order valence-corrected chi connectivity index (χ4v) is 9.42. The first-order valence-corrected chi connectivity index (χ1v) is 14.1. The van der Waals surface area contributed by atoms with Crippen LogP contribution in [0.15, 0.2) is 18.2 Å². The summed E-state index contributed by atoms with van der Waals surface area (Å²) in [5, 5.41) is 19.4. The van der Waals surface area contributed by atoms with Crippen LogP contribution in [0, 0.1) is 40.4 Å². The Bertz CT molecular complexity index is 1240. The van der Waals surface area contributed by atoms with Crippen LogP contribution >= 0.6 is 0 Å². The van der Waals surface area contributed by atoms with Crippen LogP contribution in [-0.2, 0) is 11.3 Å². The second-order valence-electron chi connectivity index (χ2n) is 13.4. The van der Waals surface area contributed by atoms with E-state index >= 15 is 0 Å². The predicted molar refractivity (Wildman–Crippen MR) is 135 cm³/mol. The summed E-state index contributed by atoms with van der Waals surface area (Å²) in [7, 11) is 0. The lowest BCUT2D eigenvalue weighted by molar-refractivity contribution is -0.274. The molecule has 6 rings (SSSR count). The third kappa shape index (κ3) is 4.33. The zero-order valence-corrected chi connectivity index (χ0v) is 22.4. The second-order valence-corrected chi connectivity index (χ2v) is 13.4. The van der Waals surface area contributed by atoms with Crippen molar-refractivity contribution in [2.75, 3.05) is 0 Å². The van der Waals surface area contributed by atoms with Crippen molar-refractivity contribution in [3.63, 3.8) is 0 Å². The Kier molecular flexibility index (Phi) is 5.95. The van der Waals surface area contributed by atoms with Crippen LogP contribution in [-0.4, -0.2) is 37.8 Å². The van der Waals surface area contributed by atoms with Crippen LogP contribution in [0.25, 0.3) is 11.0 Å². The molecule has 1 N–H and O–H groups in total. The molecule has 1 aromatic carbocycles. The Morgan fingerprint density at radius 1 is 1.00 bits per heavy atom. The highest BCUT2D eigenvalue weighted by Gasteiger charge is 2.61. The fourth-order valence-electron chi connectivity index (χ4n) is 9.42. The molecule has 4 aliphatic carbocycles. The molecule has 1 heterocycles. The summed E-state index contributed by atoms with van der Waals surface area (Å²) in [6, 6.07) is 3.84. The Morgan fingerprint density at radius 3 is 2.50 bits per heavy atom. The van der Waals surface area contributed by atoms with E-state index in [0.29, 0.717) is 29.2 Å². The highest BCUT2D eigenvalue weighted by atomic mass is 19.4. The second kappa shape index (κ2) is 8.67. The van der Waals surface area contributed by atoms with E-state index in [9.17, 15) is 23.1 Å². The number of fused-ring (bicyclic) bond motifs is 6. The standard InChI is InChI=1S/C29H38F3N3O3/c1-26(37)12-13-27(2)17(15-26)4-6-19-20-7-8-22(28(20,3)11-10-21(19)27)25(36)16-35-33-23-9-5-18(14-24(23)34-35)38-29(30,31)32/h5,9,14,17,19-22,37H,4,6-8,10-13,15-16H2,1-3H3/t17-,19+,20+,21+,22-,26-,27+,28+/m1/s1. The molecule has 4 aliphatic rings. The molecule has 4 saturated carbocycles. The van der Waals surface area contributed by atoms with Crippen molar-refractivity contribution in [3.8, 4) is 5.75 Å². The third-order valence-corrected chi connectivity index (χ3v) is 11.3. The van der Waals surface area contributed by atoms with Gasteiger partial charge in [-0.25, -0.2) is 0 Å². The summed E-state index contributed by atoms with van der Waals surface area (Å²) < 4.78 is 41.7. The summed E-state index contributed by atoms with van der Waals surface area (Å²) >= 11 is 0. The number of nitrogens with zero attached hydrogens (tertiary/aromatic N) is 3. The average molecular weight is 534 g/mol. The molecule has 0 spiro atoms. The van der Waals surface area contributed by atoms with Gasteiger partial charge in [0.1, 0.15) is 23.3 Å². The van der Waals surface area contributed by atoms with Crippen molar-refractivity contribution >= 4 is 16.8 Å². The minimum absolute atomic E-state index is 0.0279. The number of hydrogen-bond donors (Lipinski definition) is 1. The molecule has 1 aromatic heterocycles. The molecule has 4 fully saturated rings. The number of ether oxygens (including phenoxy) is 1. The van der Waals surface area contributed by atoms with Gasteiger partial charge >= 0.3 is 6.36 Å². The third-order valence-electron chi connectivity index (χ3n) is 11.3. The molecule has 0 unspecified atom stereocenters. The normalized spacial score (nSPS) is 40.9. The van der Waals surface area contributed by atoms with Crippen molar-refractivity contribution in [1.29, 1.82) is 0 Å². The minimum atomic E-state index is -4.78. The number of aliphatic hydroxyl groups is 1. The quantitative estimate of drug-likeness (QED) is 0.499. The Labute approximate surface area is 221 Å². The molecule has 9 heteroatoms. The molecule has 0 radical (unpaired) electrons. The van der Waals surface area contributed by atoms with Gasteiger partial charge in [0.15, 0.2) is 5.78 Å². The summed E-state index contributed by atoms with van der Waals surface area (Å²) in [6.45, 7) is 6.82. The number of hydrogen-bond acceptors (Lipinski definition) is 5. The number of Topliss-reactive ketones (excluding diaryl/α,β-unsaturated/α-hetero) is 1. The van der Waals surface area contributed by atoms with E-state index in [0.717, 1.165) is 44.9 Å². The van der Waals surface area contributed by atoms with Crippen molar-refractivity contribution in [1.82, 2.24) is 15.0 Å². The molecular formula is C29H38F3N3O3. The van der Waals surface area contributed by atoms with Gasteiger partial charge in [0, 0.05) is 12.0 Å². The van der Waals surface area contributed by atoms with E-state index in [-0.39, 0.29) is 40.3 Å². The van der Waals surface area contributed by atoms with E-state index in [4.69, 9.17) is 0 Å². The van der Waals surface area contributed by atoms with E-state index in [1.165, 1.54) is 35.8 Å². The number of carbonyl (C=O) groups excluding carboxylic acids is 1. The van der Waals surface area contributed by atoms with Crippen molar-refractivity contribution in [2.24, 2.45) is 40.4 Å². The van der Waals surface area contributed by atoms with Crippen molar-refractivity contribution in [2.45, 2.75) is 97.1 Å². The lowest BCUT2D eigenvalue weighted by atomic mass is 9.44. The van der Waals surface area contributed by atoms with Crippen molar-refractivity contribution in [3.05, 3.63) is 18.2 Å². The van der Waals surface area contributed by atoms with Gasteiger partial charge in [-0.05, 0) is 111 Å². The zero-order valence-electron chi connectivity index (χ0n) is 22.4. The van der Waals surface area contributed by atoms with E-state index in [1.54, 1.807) is 0 Å². The topological polar surface area (TPSA) is 77.2 Å². The first-order valence-electron chi connectivity index (χ1n) is 14.1. The van der Waals surface area contributed by atoms with Gasteiger partial charge in [0.2, 0.25) is 0 Å². The maximum atomic E-state index is 13.6. The molecule has 2 aromatic rings. The van der Waals surface area contributed by atoms with Crippen LogP contribution < -0.4 is 4.74 Å². The maximum absolute atomic E-state index is 13.6. The number of aromatic nitrogens is 3. The monoisotopic (exact) mass is 533 g/mol. The number of rotatable bonds is 4. The van der Waals surface area contributed by atoms with Gasteiger partial charge in [-0.15, -0.1) is 13.2 Å². The van der Waals surface area contributed by atoms with Crippen LogP contribution in [0.1, 0.15) is 78.6 Å². The molecule has 0 bridgehead atoms. The average Bonchev–Trinajstić information content (AvgIpc) is 3.37. The first-order chi connectivity index (χ1) is 17.8. The SMILES string of the molecule is C[C@@]1(O)CC[C@@]2(C)[C@H](CC[C@@H]3[C@@H]2CC[C@]2(C)[C@@H](C(=O)Cn4nc5ccc(OC(F)(F)F)cc5n4)CC[C@@H]32)C1. The molecule has 6 nitrogen and oxygen atoms in total. The molecule has 208 valence electrons. The number of carbonyl (C=O) groups is 1. The van der Waals surface area contributed by atoms with E-state index in [2.05, 4.69) is 28.8 Å². The van der Waals surface area contributed by atoms with Gasteiger partial charge in [0.25, 0.3) is 0 Å². The van der Waals surface area contributed by atoms with Gasteiger partial charge in [-0.3, -0.25) is 4.79 Å². The fraction of sp³-hybridized carbons (Fsp3) is 0.759. The number of halogens is 3. The summed E-state index contributed by atoms with van der Waals surface area (Å²) in [6.07, 6.45) is 4.59. The number of ketones is 1. The minimum Gasteiger partial charge on any atom is -0.406 e. The summed E-state index contributed by atoms with van der Waals surface area (Å²) in [5.41, 5.74) is 0.403. The van der Waals surface area contributed by atoms with Crippen LogP contribution in [0.3, 0.4) is 0 Å². The predicted octanol–water partition coefficient (Wildman–Crippen LogP) is 6.31. The first kappa shape index (κ1) is 26.1. The van der Waals surface area contributed by atoms with Gasteiger partial charge in [-0.2, -0.15) is 15.0 Å². The molecule has 8 atom stereocenters. The Hall–Kier alpha value is -2.16. The Morgan fingerprint density at radius 2 is 1.74 bits per heavy atom. The van der Waals surface area contributed by atoms with Gasteiger partial charge in [0.05, 0.1) is 5.60 Å². The summed E-state index contributed by atoms with van der Waals surface area (Å²) in [5.74, 6) is 2.12. The van der Waals surface area contributed by atoms with Crippen molar-refractivity contribution < 1.29 is 27.8 Å². The van der Waals surface area contributed by atoms with E-state index < -0.39 is 12.0 Å². The van der Waals surface area contributed by atoms with Crippen LogP contribution in [0.2, 0.25) is 0 Å². The highest BCUT2D eigenvalue weighted by Crippen LogP contribution is 2.68. The number of benzene rings is 1. The van der Waals surface area contributed by atoms with Gasteiger partial charge < -0.3 is 9.84 Å². The smallest absolute Gasteiger partial charge is 0.406 e. The lowest BCUT2D eigenvalue weighted by Gasteiger charge is -2.61. The molecule has 0 aliphatic heterocycles. The Balaban J connectivity index is 1.17. The van der Waals surface area contributed by atoms with Crippen LogP contribution in [0.4, 0.5) is 13.2 Å². The highest BCUT2D eigenvalue weighted by molar-refractivity contribution is 5.82. The molecule has 38 heavy (non-hydrogen) atoms. The van der Waals surface area contributed by atoms with Crippen LogP contribution in [0.5, 0.6) is 5.75 Å². The lowest BCUT2D eigenvalue weighted by Crippen LogP contribution is -2.55. The number of alkyl halides is 3. The largest absolute Gasteiger partial charge is 0.573 e. The molecule has 0 amide bonds. The molecular weight excluding hydrogens is 495 g/mol.